The fraction of sp³-hybridized carbons (Fsp3) is 0.209. The number of hydrazine groups is 1. The first-order valence-electron chi connectivity index (χ1n) is 17.5. The quantitative estimate of drug-likeness (QED) is 0.140. The summed E-state index contributed by atoms with van der Waals surface area (Å²) < 4.78 is 0.826. The number of benzene rings is 5. The van der Waals surface area contributed by atoms with E-state index >= 15 is 4.79 Å². The molecule has 1 saturated carbocycles. The molecule has 0 spiro atoms. The number of rotatable bonds is 5. The van der Waals surface area contributed by atoms with Crippen LogP contribution >= 0.6 is 15.9 Å². The van der Waals surface area contributed by atoms with E-state index in [1.165, 1.54) is 4.90 Å². The van der Waals surface area contributed by atoms with Crippen molar-refractivity contribution in [2.45, 2.75) is 31.1 Å². The van der Waals surface area contributed by atoms with Gasteiger partial charge in [-0.2, -0.15) is 5.01 Å². The van der Waals surface area contributed by atoms with E-state index in [9.17, 15) is 19.5 Å². The van der Waals surface area contributed by atoms with E-state index in [0.29, 0.717) is 28.9 Å². The molecule has 4 aliphatic rings. The Labute approximate surface area is 308 Å². The maximum atomic E-state index is 15.5. The molecule has 2 N–H and O–H groups in total. The van der Waals surface area contributed by atoms with Crippen LogP contribution in [0.2, 0.25) is 0 Å². The van der Waals surface area contributed by atoms with E-state index in [-0.39, 0.29) is 24.0 Å². The zero-order chi connectivity index (χ0) is 35.9. The SMILES string of the molecule is Cc1ccc(NN2C(=O)C3CC4C(=CCC5C(=O)N(c6ccc(Br)cc6)C(=O)C54)C(c4c(O)ccc5ccccc45)C3(c3ccccc3)C2=O)cc1. The Hall–Kier alpha value is -5.54. The van der Waals surface area contributed by atoms with Crippen LogP contribution in [0.3, 0.4) is 0 Å². The number of nitrogens with one attached hydrogen (secondary N) is 1. The molecule has 6 unspecified atom stereocenters. The number of carbonyl (C=O) groups excluding carboxylic acids is 4. The summed E-state index contributed by atoms with van der Waals surface area (Å²) in [4.78, 5) is 60.4. The highest BCUT2D eigenvalue weighted by Crippen LogP contribution is 2.65. The van der Waals surface area contributed by atoms with Gasteiger partial charge in [-0.1, -0.05) is 106 Å². The van der Waals surface area contributed by atoms with Crippen LogP contribution in [-0.4, -0.2) is 33.7 Å². The standard InChI is InChI=1S/C43H34BrN3O5/c1-24-11-16-28(17-12-24)45-47-40(50)34-23-33-31(20-21-32-36(33)41(51)46(39(32)49)29-18-14-27(44)15-19-29)38(43(34,42(47)52)26-8-3-2-4-9-26)37-30-10-6-5-7-25(30)13-22-35(37)48/h2-20,22,32-34,36,38,45,48H,21,23H2,1H3. The molecule has 0 bridgehead atoms. The molecule has 9 rings (SSSR count). The van der Waals surface area contributed by atoms with E-state index in [4.69, 9.17) is 0 Å². The first-order valence-corrected chi connectivity index (χ1v) is 18.3. The molecule has 5 aromatic rings. The van der Waals surface area contributed by atoms with Gasteiger partial charge in [-0.3, -0.25) is 29.5 Å². The number of nitrogens with zero attached hydrogens (tertiary/aromatic N) is 2. The highest BCUT2D eigenvalue weighted by Gasteiger charge is 2.70. The second-order valence-electron chi connectivity index (χ2n) is 14.3. The molecule has 6 atom stereocenters. The van der Waals surface area contributed by atoms with Crippen LogP contribution in [0.4, 0.5) is 11.4 Å². The second-order valence-corrected chi connectivity index (χ2v) is 15.2. The minimum atomic E-state index is -1.48. The molecule has 9 heteroatoms. The molecule has 2 aliphatic carbocycles. The van der Waals surface area contributed by atoms with Crippen LogP contribution in [0.1, 0.15) is 35.4 Å². The number of phenols is 1. The third-order valence-corrected chi connectivity index (χ3v) is 12.2. The number of phenolic OH excluding ortho intramolecular Hbond substituents is 1. The normalized spacial score (nSPS) is 26.7. The van der Waals surface area contributed by atoms with Crippen molar-refractivity contribution < 1.29 is 24.3 Å². The Morgan fingerprint density at radius 3 is 2.23 bits per heavy atom. The summed E-state index contributed by atoms with van der Waals surface area (Å²) in [6, 6.07) is 35.1. The summed E-state index contributed by atoms with van der Waals surface area (Å²) in [7, 11) is 0. The van der Waals surface area contributed by atoms with Gasteiger partial charge in [0.1, 0.15) is 5.75 Å². The fourth-order valence-electron chi connectivity index (χ4n) is 9.49. The number of amides is 4. The number of fused-ring (bicyclic) bond motifs is 5. The molecule has 52 heavy (non-hydrogen) atoms. The van der Waals surface area contributed by atoms with Crippen LogP contribution in [0.25, 0.3) is 10.8 Å². The Balaban J connectivity index is 1.28. The molecule has 8 nitrogen and oxygen atoms in total. The lowest BCUT2D eigenvalue weighted by Crippen LogP contribution is -2.53. The van der Waals surface area contributed by atoms with E-state index in [1.807, 2.05) is 97.9 Å². The van der Waals surface area contributed by atoms with Crippen molar-refractivity contribution in [2.24, 2.45) is 23.7 Å². The van der Waals surface area contributed by atoms with Crippen molar-refractivity contribution in [1.82, 2.24) is 5.01 Å². The molecule has 2 heterocycles. The van der Waals surface area contributed by atoms with Gasteiger partial charge < -0.3 is 5.11 Å². The van der Waals surface area contributed by atoms with Gasteiger partial charge in [0.25, 0.3) is 11.8 Å². The fourth-order valence-corrected chi connectivity index (χ4v) is 9.76. The maximum Gasteiger partial charge on any atom is 0.260 e. The van der Waals surface area contributed by atoms with Crippen LogP contribution < -0.4 is 10.3 Å². The van der Waals surface area contributed by atoms with Crippen molar-refractivity contribution in [3.63, 3.8) is 0 Å². The molecule has 3 fully saturated rings. The Morgan fingerprint density at radius 1 is 0.769 bits per heavy atom. The van der Waals surface area contributed by atoms with Gasteiger partial charge in [-0.15, -0.1) is 0 Å². The summed E-state index contributed by atoms with van der Waals surface area (Å²) in [5, 5.41) is 14.7. The summed E-state index contributed by atoms with van der Waals surface area (Å²) in [6.07, 6.45) is 2.48. The van der Waals surface area contributed by atoms with E-state index in [1.54, 1.807) is 30.3 Å². The summed E-state index contributed by atoms with van der Waals surface area (Å²) in [5.74, 6) is -5.10. The van der Waals surface area contributed by atoms with Crippen LogP contribution in [0, 0.1) is 30.6 Å². The molecule has 0 aromatic heterocycles. The molecular weight excluding hydrogens is 718 g/mol. The summed E-state index contributed by atoms with van der Waals surface area (Å²) in [5.41, 5.74) is 5.74. The Morgan fingerprint density at radius 2 is 1.48 bits per heavy atom. The molecule has 2 aliphatic heterocycles. The lowest BCUT2D eigenvalue weighted by molar-refractivity contribution is -0.138. The molecule has 258 valence electrons. The molecule has 4 amide bonds. The number of hydrogen-bond acceptors (Lipinski definition) is 6. The number of carbonyl (C=O) groups is 4. The average molecular weight is 753 g/mol. The highest BCUT2D eigenvalue weighted by molar-refractivity contribution is 9.10. The van der Waals surface area contributed by atoms with Gasteiger partial charge in [-0.25, -0.2) is 0 Å². The molecular formula is C43H34BrN3O5. The summed E-state index contributed by atoms with van der Waals surface area (Å²) >= 11 is 3.45. The minimum Gasteiger partial charge on any atom is -0.508 e. The number of aromatic hydroxyl groups is 1. The number of aryl methyl sites for hydroxylation is 1. The third kappa shape index (κ3) is 4.58. The smallest absolute Gasteiger partial charge is 0.260 e. The zero-order valence-corrected chi connectivity index (χ0v) is 29.8. The number of anilines is 2. The third-order valence-electron chi connectivity index (χ3n) is 11.7. The lowest BCUT2D eigenvalue weighted by Gasteiger charge is -2.51. The second kappa shape index (κ2) is 12.0. The minimum absolute atomic E-state index is 0.00284. The molecule has 2 saturated heterocycles. The first-order chi connectivity index (χ1) is 25.2. The molecule has 5 aromatic carbocycles. The topological polar surface area (TPSA) is 107 Å². The number of hydrogen-bond donors (Lipinski definition) is 2. The van der Waals surface area contributed by atoms with Gasteiger partial charge in [0.05, 0.1) is 34.5 Å². The number of allylic oxidation sites excluding steroid dienone is 2. The highest BCUT2D eigenvalue weighted by atomic mass is 79.9. The van der Waals surface area contributed by atoms with Crippen LogP contribution in [-0.2, 0) is 24.6 Å². The molecule has 0 radical (unpaired) electrons. The van der Waals surface area contributed by atoms with Gasteiger partial charge in [-0.05, 0) is 84.5 Å². The van der Waals surface area contributed by atoms with Crippen LogP contribution in [0.15, 0.2) is 131 Å². The maximum absolute atomic E-state index is 15.5. The van der Waals surface area contributed by atoms with E-state index in [0.717, 1.165) is 31.4 Å². The largest absolute Gasteiger partial charge is 0.508 e. The van der Waals surface area contributed by atoms with Crippen molar-refractivity contribution in [3.05, 3.63) is 148 Å². The van der Waals surface area contributed by atoms with E-state index < -0.39 is 46.8 Å². The van der Waals surface area contributed by atoms with E-state index in [2.05, 4.69) is 21.4 Å². The van der Waals surface area contributed by atoms with Gasteiger partial charge in [0, 0.05) is 16.0 Å². The first kappa shape index (κ1) is 32.4. The number of halogens is 1. The monoisotopic (exact) mass is 751 g/mol. The van der Waals surface area contributed by atoms with Crippen molar-refractivity contribution in [2.75, 3.05) is 10.3 Å². The predicted molar refractivity (Wildman–Crippen MR) is 201 cm³/mol. The average Bonchev–Trinajstić information content (AvgIpc) is 3.54. The Kier molecular flexibility index (Phi) is 7.48. The Bertz CT molecular complexity index is 2340. The lowest BCUT2D eigenvalue weighted by atomic mass is 9.48. The zero-order valence-electron chi connectivity index (χ0n) is 28.2. The van der Waals surface area contributed by atoms with Crippen molar-refractivity contribution in [1.29, 1.82) is 0 Å². The van der Waals surface area contributed by atoms with Gasteiger partial charge >= 0.3 is 0 Å². The van der Waals surface area contributed by atoms with Gasteiger partial charge in [0.2, 0.25) is 11.8 Å². The van der Waals surface area contributed by atoms with Crippen LogP contribution in [0.5, 0.6) is 5.75 Å². The number of imide groups is 2. The van der Waals surface area contributed by atoms with Gasteiger partial charge in [0.15, 0.2) is 0 Å². The van der Waals surface area contributed by atoms with Crippen molar-refractivity contribution >= 4 is 61.7 Å². The predicted octanol–water partition coefficient (Wildman–Crippen LogP) is 7.81. The van der Waals surface area contributed by atoms with Crippen molar-refractivity contribution in [3.8, 4) is 5.75 Å². The summed E-state index contributed by atoms with van der Waals surface area (Å²) in [6.45, 7) is 1.96.